The third-order valence-corrected chi connectivity index (χ3v) is 3.29. The molecule has 2 nitrogen and oxygen atoms in total. The molecular formula is C13H17F2NO. The van der Waals surface area contributed by atoms with E-state index >= 15 is 0 Å². The summed E-state index contributed by atoms with van der Waals surface area (Å²) in [5.74, 6) is 0.347. The van der Waals surface area contributed by atoms with Crippen LogP contribution in [0.4, 0.5) is 8.78 Å². The van der Waals surface area contributed by atoms with E-state index in [1.807, 2.05) is 6.92 Å². The normalized spacial score (nSPS) is 19.9. The zero-order chi connectivity index (χ0) is 12.4. The molecule has 1 N–H and O–H groups in total. The fourth-order valence-electron chi connectivity index (χ4n) is 2.48. The van der Waals surface area contributed by atoms with Gasteiger partial charge in [-0.3, -0.25) is 0 Å². The highest BCUT2D eigenvalue weighted by Crippen LogP contribution is 2.39. The summed E-state index contributed by atoms with van der Waals surface area (Å²) in [7, 11) is 1.46. The lowest BCUT2D eigenvalue weighted by molar-refractivity contribution is 0.146. The molecule has 4 heteroatoms. The van der Waals surface area contributed by atoms with Crippen molar-refractivity contribution in [2.75, 3.05) is 13.7 Å². The second kappa shape index (κ2) is 5.00. The number of benzene rings is 1. The molecule has 0 radical (unpaired) electrons. The molecule has 1 aromatic carbocycles. The molecule has 1 atom stereocenters. The number of ether oxygens (including phenoxy) is 1. The highest BCUT2D eigenvalue weighted by Gasteiger charge is 2.26. The number of methoxy groups -OCH3 is 1. The predicted molar refractivity (Wildman–Crippen MR) is 62.7 cm³/mol. The van der Waals surface area contributed by atoms with Crippen LogP contribution in [-0.4, -0.2) is 13.7 Å². The summed E-state index contributed by atoms with van der Waals surface area (Å²) in [4.78, 5) is 0. The summed E-state index contributed by atoms with van der Waals surface area (Å²) in [5, 5.41) is 3.33. The van der Waals surface area contributed by atoms with Crippen molar-refractivity contribution in [3.05, 3.63) is 28.8 Å². The van der Waals surface area contributed by atoms with Crippen LogP contribution in [0.3, 0.4) is 0 Å². The van der Waals surface area contributed by atoms with Gasteiger partial charge in [-0.15, -0.1) is 0 Å². The fraction of sp³-hybridized carbons (Fsp3) is 0.538. The number of alkyl halides is 2. The minimum absolute atomic E-state index is 0.0122. The SMILES string of the molecule is COc1c(C(F)F)ccc(C)c1C1CCCN1. The Balaban J connectivity index is 2.50. The van der Waals surface area contributed by atoms with Crippen LogP contribution in [0.5, 0.6) is 5.75 Å². The summed E-state index contributed by atoms with van der Waals surface area (Å²) in [6.45, 7) is 2.87. The standard InChI is InChI=1S/C13H17F2NO/c1-8-5-6-9(13(14)15)12(17-2)11(8)10-4-3-7-16-10/h5-6,10,13,16H,3-4,7H2,1-2H3. The Bertz CT molecular complexity index is 401. The van der Waals surface area contributed by atoms with Gasteiger partial charge in [0.05, 0.1) is 12.7 Å². The molecule has 0 bridgehead atoms. The molecular weight excluding hydrogens is 224 g/mol. The van der Waals surface area contributed by atoms with Crippen molar-refractivity contribution in [2.24, 2.45) is 0 Å². The molecule has 1 heterocycles. The first kappa shape index (κ1) is 12.3. The van der Waals surface area contributed by atoms with E-state index in [1.165, 1.54) is 13.2 Å². The molecule has 0 saturated carbocycles. The Morgan fingerprint density at radius 3 is 2.71 bits per heavy atom. The van der Waals surface area contributed by atoms with Gasteiger partial charge in [0, 0.05) is 11.6 Å². The topological polar surface area (TPSA) is 21.3 Å². The Morgan fingerprint density at radius 1 is 1.41 bits per heavy atom. The average molecular weight is 241 g/mol. The van der Waals surface area contributed by atoms with E-state index in [0.29, 0.717) is 5.75 Å². The van der Waals surface area contributed by atoms with Gasteiger partial charge in [-0.2, -0.15) is 0 Å². The van der Waals surface area contributed by atoms with Gasteiger partial charge in [-0.05, 0) is 37.9 Å². The van der Waals surface area contributed by atoms with Crippen molar-refractivity contribution in [1.29, 1.82) is 0 Å². The predicted octanol–water partition coefficient (Wildman–Crippen LogP) is 3.37. The summed E-state index contributed by atoms with van der Waals surface area (Å²) in [5.41, 5.74) is 1.88. The van der Waals surface area contributed by atoms with Gasteiger partial charge in [0.25, 0.3) is 6.43 Å². The highest BCUT2D eigenvalue weighted by atomic mass is 19.3. The molecule has 0 aliphatic carbocycles. The third-order valence-electron chi connectivity index (χ3n) is 3.29. The molecule has 1 unspecified atom stereocenters. The zero-order valence-corrected chi connectivity index (χ0v) is 10.1. The van der Waals surface area contributed by atoms with Crippen LogP contribution in [0.25, 0.3) is 0 Å². The zero-order valence-electron chi connectivity index (χ0n) is 10.1. The molecule has 1 aromatic rings. The van der Waals surface area contributed by atoms with E-state index in [4.69, 9.17) is 4.74 Å². The first-order valence-corrected chi connectivity index (χ1v) is 5.84. The van der Waals surface area contributed by atoms with Crippen LogP contribution in [0, 0.1) is 6.92 Å². The molecule has 1 aliphatic rings. The van der Waals surface area contributed by atoms with Crippen LogP contribution >= 0.6 is 0 Å². The lowest BCUT2D eigenvalue weighted by Crippen LogP contribution is -2.16. The number of halogens is 2. The van der Waals surface area contributed by atoms with Gasteiger partial charge in [0.2, 0.25) is 0 Å². The summed E-state index contributed by atoms with van der Waals surface area (Å²) < 4.78 is 31.0. The first-order chi connectivity index (χ1) is 8.15. The first-order valence-electron chi connectivity index (χ1n) is 5.84. The smallest absolute Gasteiger partial charge is 0.267 e. The van der Waals surface area contributed by atoms with Crippen molar-refractivity contribution in [1.82, 2.24) is 5.32 Å². The Kier molecular flexibility index (Phi) is 3.62. The second-order valence-corrected chi connectivity index (χ2v) is 4.37. The summed E-state index contributed by atoms with van der Waals surface area (Å²) in [6.07, 6.45) is -0.443. The second-order valence-electron chi connectivity index (χ2n) is 4.37. The molecule has 1 fully saturated rings. The van der Waals surface area contributed by atoms with E-state index in [-0.39, 0.29) is 11.6 Å². The maximum Gasteiger partial charge on any atom is 0.267 e. The van der Waals surface area contributed by atoms with Crippen LogP contribution in [0.1, 0.15) is 42.0 Å². The fourth-order valence-corrected chi connectivity index (χ4v) is 2.48. The van der Waals surface area contributed by atoms with Crippen molar-refractivity contribution < 1.29 is 13.5 Å². The number of hydrogen-bond acceptors (Lipinski definition) is 2. The van der Waals surface area contributed by atoms with Gasteiger partial charge in [-0.1, -0.05) is 6.07 Å². The van der Waals surface area contributed by atoms with Gasteiger partial charge in [-0.25, -0.2) is 8.78 Å². The van der Waals surface area contributed by atoms with Crippen molar-refractivity contribution in [3.8, 4) is 5.75 Å². The maximum absolute atomic E-state index is 12.9. The minimum Gasteiger partial charge on any atom is -0.496 e. The molecule has 0 spiro atoms. The van der Waals surface area contributed by atoms with Crippen LogP contribution in [0.15, 0.2) is 12.1 Å². The molecule has 94 valence electrons. The number of rotatable bonds is 3. The summed E-state index contributed by atoms with van der Waals surface area (Å²) >= 11 is 0. The average Bonchev–Trinajstić information content (AvgIpc) is 2.81. The number of nitrogens with one attached hydrogen (secondary N) is 1. The van der Waals surface area contributed by atoms with E-state index in [2.05, 4.69) is 5.32 Å². The van der Waals surface area contributed by atoms with Gasteiger partial charge in [0.1, 0.15) is 5.75 Å². The quantitative estimate of drug-likeness (QED) is 0.876. The van der Waals surface area contributed by atoms with Crippen molar-refractivity contribution >= 4 is 0 Å². The highest BCUT2D eigenvalue weighted by molar-refractivity contribution is 5.48. The summed E-state index contributed by atoms with van der Waals surface area (Å²) in [6, 6.07) is 3.35. The van der Waals surface area contributed by atoms with Crippen molar-refractivity contribution in [3.63, 3.8) is 0 Å². The van der Waals surface area contributed by atoms with Crippen LogP contribution in [0.2, 0.25) is 0 Å². The van der Waals surface area contributed by atoms with Crippen molar-refractivity contribution in [2.45, 2.75) is 32.2 Å². The largest absolute Gasteiger partial charge is 0.496 e. The van der Waals surface area contributed by atoms with E-state index in [1.54, 1.807) is 6.07 Å². The van der Waals surface area contributed by atoms with Gasteiger partial charge < -0.3 is 10.1 Å². The Labute approximate surface area is 100.0 Å². The molecule has 1 aliphatic heterocycles. The third kappa shape index (κ3) is 2.27. The Hall–Kier alpha value is -1.16. The van der Waals surface area contributed by atoms with Crippen LogP contribution < -0.4 is 10.1 Å². The number of aryl methyl sites for hydroxylation is 1. The molecule has 2 rings (SSSR count). The molecule has 0 aromatic heterocycles. The number of hydrogen-bond donors (Lipinski definition) is 1. The van der Waals surface area contributed by atoms with E-state index < -0.39 is 6.43 Å². The van der Waals surface area contributed by atoms with Gasteiger partial charge >= 0.3 is 0 Å². The minimum atomic E-state index is -2.49. The van der Waals surface area contributed by atoms with E-state index in [9.17, 15) is 8.78 Å². The molecule has 0 amide bonds. The monoisotopic (exact) mass is 241 g/mol. The van der Waals surface area contributed by atoms with Gasteiger partial charge in [0.15, 0.2) is 0 Å². The lowest BCUT2D eigenvalue weighted by atomic mass is 9.96. The lowest BCUT2D eigenvalue weighted by Gasteiger charge is -2.20. The van der Waals surface area contributed by atoms with E-state index in [0.717, 1.165) is 30.5 Å². The molecule has 1 saturated heterocycles. The van der Waals surface area contributed by atoms with Crippen LogP contribution in [-0.2, 0) is 0 Å². The maximum atomic E-state index is 12.9. The Morgan fingerprint density at radius 2 is 2.18 bits per heavy atom. The molecule has 17 heavy (non-hydrogen) atoms.